The number of aryl methyl sites for hydroxylation is 2. The van der Waals surface area contributed by atoms with Crippen LogP contribution in [0.15, 0.2) is 53.6 Å². The molecule has 2 aromatic heterocycles. The van der Waals surface area contributed by atoms with Gasteiger partial charge in [0.1, 0.15) is 35.7 Å². The fraction of sp³-hybridized carbons (Fsp3) is 0.759. The first-order valence-electron chi connectivity index (χ1n) is 28.2. The minimum absolute atomic E-state index is 0.175. The second kappa shape index (κ2) is 26.6. The molecule has 3 aliphatic rings. The molecule has 18 atom stereocenters. The number of methoxy groups -OCH3 is 1. The van der Waals surface area contributed by atoms with Crippen molar-refractivity contribution in [3.8, 4) is 17.0 Å². The van der Waals surface area contributed by atoms with E-state index in [2.05, 4.69) is 15.2 Å². The molecule has 1 aromatic carbocycles. The van der Waals surface area contributed by atoms with Crippen LogP contribution in [0.4, 0.5) is 0 Å². The fourth-order valence-corrected chi connectivity index (χ4v) is 12.7. The standard InChI is InChI=1S/C58H94N6O13/c1-14-47-58(10,72)50(67)39(6)61(11)32-35(2)30-56(8,71)52(37(4)48(38(5)54(70)76-47)46-31-57(9,73-13)51(68)40(7)75-46)77-55-49(66)44(29-36(3)74-55)62(12)33-41-22-24-42(25-23-41)43-34-64(60-59-43)28-19-17-15-16-18-26-63-27-20-21-45(65)53(63)69/h20-25,27,34-40,44,46-52,55,65-68,71-72H,14-19,26,28-33H2,1-13H3/t35-,36-,37+,38-,39-,40+,44+,46?,47-,48+,49-,50-,51+,52-,55+,56-,57-,58-/m1/s1. The van der Waals surface area contributed by atoms with Gasteiger partial charge in [-0.25, -0.2) is 0 Å². The minimum atomic E-state index is -1.82. The molecule has 3 aromatic rings. The molecule has 6 N–H and O–H groups in total. The van der Waals surface area contributed by atoms with Crippen LogP contribution in [0.2, 0.25) is 0 Å². The number of benzene rings is 1. The van der Waals surface area contributed by atoms with Crippen LogP contribution >= 0.6 is 0 Å². The number of aromatic nitrogens is 4. The first kappa shape index (κ1) is 62.3. The third-order valence-electron chi connectivity index (χ3n) is 17.5. The number of carbonyl (C=O) groups excluding carboxylic acids is 1. The summed E-state index contributed by atoms with van der Waals surface area (Å²) in [6.07, 6.45) is 1.10. The number of carbonyl (C=O) groups is 1. The normalized spacial score (nSPS) is 37.3. The van der Waals surface area contributed by atoms with Gasteiger partial charge < -0.3 is 63.8 Å². The second-order valence-corrected chi connectivity index (χ2v) is 23.9. The number of aliphatic hydroxyl groups is 5. The van der Waals surface area contributed by atoms with E-state index < -0.39 is 102 Å². The average Bonchev–Trinajstić information content (AvgIpc) is 3.87. The number of cyclic esters (lactones) is 1. The highest BCUT2D eigenvalue weighted by Gasteiger charge is 2.55. The predicted molar refractivity (Wildman–Crippen MR) is 291 cm³/mol. The van der Waals surface area contributed by atoms with E-state index in [0.717, 1.165) is 55.5 Å². The van der Waals surface area contributed by atoms with Crippen molar-refractivity contribution in [2.24, 2.45) is 23.7 Å². The van der Waals surface area contributed by atoms with Gasteiger partial charge in [0.2, 0.25) is 0 Å². The lowest BCUT2D eigenvalue weighted by atomic mass is 9.68. The molecule has 0 aliphatic carbocycles. The molecule has 434 valence electrons. The number of nitrogens with zero attached hydrogens (tertiary/aromatic N) is 6. The van der Waals surface area contributed by atoms with E-state index in [4.69, 9.17) is 23.7 Å². The number of rotatable bonds is 17. The highest BCUT2D eigenvalue weighted by atomic mass is 16.7. The maximum atomic E-state index is 14.7. The van der Waals surface area contributed by atoms with Crippen LogP contribution in [0.5, 0.6) is 5.75 Å². The number of hydrogen-bond acceptors (Lipinski definition) is 17. The number of aliphatic hydroxyl groups excluding tert-OH is 3. The van der Waals surface area contributed by atoms with E-state index >= 15 is 0 Å². The highest BCUT2D eigenvalue weighted by Crippen LogP contribution is 2.45. The Morgan fingerprint density at radius 2 is 1.55 bits per heavy atom. The third kappa shape index (κ3) is 14.9. The van der Waals surface area contributed by atoms with Crippen molar-refractivity contribution in [1.29, 1.82) is 0 Å². The first-order valence-corrected chi connectivity index (χ1v) is 28.2. The van der Waals surface area contributed by atoms with Crippen LogP contribution in [0, 0.1) is 23.7 Å². The van der Waals surface area contributed by atoms with Crippen molar-refractivity contribution in [3.63, 3.8) is 0 Å². The van der Waals surface area contributed by atoms with Gasteiger partial charge in [-0.1, -0.05) is 76.4 Å². The Kier molecular flexibility index (Phi) is 21.5. The van der Waals surface area contributed by atoms with Gasteiger partial charge in [0.05, 0.1) is 47.7 Å². The van der Waals surface area contributed by atoms with Gasteiger partial charge in [0.15, 0.2) is 12.0 Å². The maximum absolute atomic E-state index is 14.7. The van der Waals surface area contributed by atoms with Crippen LogP contribution < -0.4 is 5.56 Å². The van der Waals surface area contributed by atoms with E-state index in [1.165, 1.54) is 20.1 Å². The molecule has 19 heteroatoms. The summed E-state index contributed by atoms with van der Waals surface area (Å²) < 4.78 is 35.7. The molecule has 3 saturated heterocycles. The number of hydrogen-bond donors (Lipinski definition) is 6. The SMILES string of the molecule is CC[C@H]1OC(=O)[C@H](C)[C@@H](C2C[C@@](C)(OC)[C@@H](O)[C@H](C)O2)[C@H](C)[C@@H](O[C@@H]2O[C@H](C)C[C@H](N(C)Cc3ccc(-c4cn(CCCCCCCn5cccc(O)c5=O)nn4)cc3)[C@H]2O)[C@](C)(O)C[C@@H](C)CN(C)[C@H](C)[C@@H](O)[C@]1(C)O. The lowest BCUT2D eigenvalue weighted by Crippen LogP contribution is -2.62. The molecular formula is C58H94N6O13. The highest BCUT2D eigenvalue weighted by molar-refractivity contribution is 5.73. The van der Waals surface area contributed by atoms with Crippen molar-refractivity contribution in [2.75, 3.05) is 27.7 Å². The van der Waals surface area contributed by atoms with Crippen molar-refractivity contribution < 1.29 is 59.1 Å². The summed E-state index contributed by atoms with van der Waals surface area (Å²) in [6, 6.07) is 10.2. The van der Waals surface area contributed by atoms with Crippen LogP contribution in [0.3, 0.4) is 0 Å². The van der Waals surface area contributed by atoms with E-state index in [0.29, 0.717) is 26.1 Å². The van der Waals surface area contributed by atoms with Crippen molar-refractivity contribution in [2.45, 2.75) is 231 Å². The molecule has 0 spiro atoms. The van der Waals surface area contributed by atoms with Crippen molar-refractivity contribution >= 4 is 5.97 Å². The molecule has 19 nitrogen and oxygen atoms in total. The molecule has 5 heterocycles. The summed E-state index contributed by atoms with van der Waals surface area (Å²) in [4.78, 5) is 30.7. The van der Waals surface area contributed by atoms with Crippen molar-refractivity contribution in [1.82, 2.24) is 29.4 Å². The molecule has 1 unspecified atom stereocenters. The van der Waals surface area contributed by atoms with Crippen LogP contribution in [0.25, 0.3) is 11.3 Å². The molecule has 0 saturated carbocycles. The number of aromatic hydroxyl groups is 1. The molecule has 3 fully saturated rings. The fourth-order valence-electron chi connectivity index (χ4n) is 12.7. The topological polar surface area (TPSA) is 244 Å². The Morgan fingerprint density at radius 3 is 2.21 bits per heavy atom. The quantitative estimate of drug-likeness (QED) is 0.0720. The largest absolute Gasteiger partial charge is 0.503 e. The smallest absolute Gasteiger partial charge is 0.309 e. The maximum Gasteiger partial charge on any atom is 0.309 e. The number of likely N-dealkylation sites (N-methyl/N-ethyl adjacent to an activating group) is 2. The van der Waals surface area contributed by atoms with Gasteiger partial charge in [-0.3, -0.25) is 19.2 Å². The van der Waals surface area contributed by atoms with Crippen molar-refractivity contribution in [3.05, 3.63) is 64.7 Å². The Bertz CT molecular complexity index is 2380. The molecular weight excluding hydrogens is 989 g/mol. The first-order chi connectivity index (χ1) is 36.2. The Hall–Kier alpha value is -3.86. The Balaban J connectivity index is 1.18. The van der Waals surface area contributed by atoms with Gasteiger partial charge in [-0.05, 0) is 117 Å². The predicted octanol–water partition coefficient (Wildman–Crippen LogP) is 5.52. The lowest BCUT2D eigenvalue weighted by molar-refractivity contribution is -0.303. The van der Waals surface area contributed by atoms with Crippen LogP contribution in [-0.2, 0) is 48.1 Å². The van der Waals surface area contributed by atoms with Gasteiger partial charge in [0.25, 0.3) is 5.56 Å². The van der Waals surface area contributed by atoms with E-state index in [-0.39, 0.29) is 42.6 Å². The Morgan fingerprint density at radius 1 is 0.883 bits per heavy atom. The zero-order chi connectivity index (χ0) is 56.7. The summed E-state index contributed by atoms with van der Waals surface area (Å²) in [5.41, 5.74) is -2.11. The average molecular weight is 1080 g/mol. The van der Waals surface area contributed by atoms with Crippen LogP contribution in [-0.4, -0.2) is 178 Å². The molecule has 0 amide bonds. The summed E-state index contributed by atoms with van der Waals surface area (Å²) in [5, 5.41) is 78.8. The van der Waals surface area contributed by atoms with Gasteiger partial charge in [-0.2, -0.15) is 0 Å². The molecule has 77 heavy (non-hydrogen) atoms. The summed E-state index contributed by atoms with van der Waals surface area (Å²) in [5.74, 6) is -3.38. The lowest BCUT2D eigenvalue weighted by Gasteiger charge is -2.51. The number of ether oxygens (including phenoxy) is 5. The second-order valence-electron chi connectivity index (χ2n) is 23.9. The van der Waals surface area contributed by atoms with Gasteiger partial charge in [0, 0.05) is 69.5 Å². The van der Waals surface area contributed by atoms with Crippen LogP contribution in [0.1, 0.15) is 133 Å². The van der Waals surface area contributed by atoms with Gasteiger partial charge in [-0.15, -0.1) is 5.10 Å². The summed E-state index contributed by atoms with van der Waals surface area (Å²) in [7, 11) is 5.35. The monoisotopic (exact) mass is 1080 g/mol. The Labute approximate surface area is 456 Å². The molecule has 6 rings (SSSR count). The molecule has 0 bridgehead atoms. The summed E-state index contributed by atoms with van der Waals surface area (Å²) >= 11 is 0. The molecule has 0 radical (unpaired) electrons. The van der Waals surface area contributed by atoms with E-state index in [1.807, 2.05) is 88.8 Å². The molecule has 3 aliphatic heterocycles. The van der Waals surface area contributed by atoms with E-state index in [1.54, 1.807) is 44.5 Å². The number of esters is 1. The minimum Gasteiger partial charge on any atom is -0.503 e. The third-order valence-corrected chi connectivity index (χ3v) is 17.5. The number of pyridine rings is 1. The van der Waals surface area contributed by atoms with Gasteiger partial charge >= 0.3 is 5.97 Å². The zero-order valence-electron chi connectivity index (χ0n) is 48.2. The summed E-state index contributed by atoms with van der Waals surface area (Å²) in [6.45, 7) is 20.3. The number of unbranched alkanes of at least 4 members (excludes halogenated alkanes) is 4. The van der Waals surface area contributed by atoms with E-state index in [9.17, 15) is 40.2 Å². The zero-order valence-corrected chi connectivity index (χ0v) is 48.2.